The summed E-state index contributed by atoms with van der Waals surface area (Å²) in [5.41, 5.74) is 1.65. The van der Waals surface area contributed by atoms with E-state index >= 15 is 0 Å². The van der Waals surface area contributed by atoms with Crippen LogP contribution >= 0.6 is 0 Å². The van der Waals surface area contributed by atoms with Crippen LogP contribution in [0.15, 0.2) is 0 Å². The van der Waals surface area contributed by atoms with Crippen LogP contribution in [0.4, 0.5) is 0 Å². The molecule has 0 saturated heterocycles. The molecule has 1 saturated carbocycles. The Balaban J connectivity index is -0.000000331. The highest BCUT2D eigenvalue weighted by atomic mass is 16.1. The molecule has 0 heterocycles. The molecule has 0 aliphatic heterocycles. The minimum atomic E-state index is 0.269. The summed E-state index contributed by atoms with van der Waals surface area (Å²) in [4.78, 5) is 11.2. The molecule has 12 N–H and O–H groups in total. The van der Waals surface area contributed by atoms with Gasteiger partial charge < -0.3 is 63.8 Å². The summed E-state index contributed by atoms with van der Waals surface area (Å²) in [5, 5.41) is 41.4. The number of rotatable bonds is 44. The molecule has 0 spiro atoms. The lowest BCUT2D eigenvalue weighted by atomic mass is 9.82. The molecule has 0 bridgehead atoms. The number of hydrogen-bond donors (Lipinski definition) is 12. The second kappa shape index (κ2) is 61.3. The number of carbonyl (C=O) groups excluding carboxylic acids is 1. The van der Waals surface area contributed by atoms with Crippen molar-refractivity contribution in [3.8, 4) is 0 Å². The quantitative estimate of drug-likeness (QED) is 0.0262. The van der Waals surface area contributed by atoms with Crippen molar-refractivity contribution in [3.63, 3.8) is 0 Å². The summed E-state index contributed by atoms with van der Waals surface area (Å²) in [6.07, 6.45) is 29.1. The highest BCUT2D eigenvalue weighted by Crippen LogP contribution is 2.28. The zero-order valence-electron chi connectivity index (χ0n) is 68.6. The molecule has 0 atom stereocenters. The SMILES string of the molecule is CC(C)(C)NCCCCCCCCCNC(C)(C)C.CC(C)(C)NCCCCCCCNC(C)(C)C.CC(C)NCC1CCC(CNC(C)C)CC1.CC(C)NCCC(=O)CNC(C)C.CC(C)NCCCCCNC(C)(C)C.CC(C)NCCCCNC(C)(C)C. The number of nitrogens with one attached hydrogen (secondary N) is 12. The predicted molar refractivity (Wildman–Crippen MR) is 419 cm³/mol. The van der Waals surface area contributed by atoms with Crippen molar-refractivity contribution in [1.82, 2.24) is 63.8 Å². The van der Waals surface area contributed by atoms with Crippen molar-refractivity contribution in [2.75, 3.05) is 78.5 Å². The maximum absolute atomic E-state index is 11.2. The van der Waals surface area contributed by atoms with E-state index < -0.39 is 0 Å². The average molecular weight is 1310 g/mol. The third-order valence-corrected chi connectivity index (χ3v) is 15.0. The van der Waals surface area contributed by atoms with Crippen molar-refractivity contribution in [2.24, 2.45) is 11.8 Å². The van der Waals surface area contributed by atoms with Crippen LogP contribution in [0.1, 0.15) is 349 Å². The molecule has 0 unspecified atom stereocenters. The van der Waals surface area contributed by atoms with Crippen molar-refractivity contribution < 1.29 is 4.79 Å². The van der Waals surface area contributed by atoms with Crippen LogP contribution in [0, 0.1) is 11.8 Å². The van der Waals surface area contributed by atoms with E-state index in [1.54, 1.807) is 0 Å². The number of unbranched alkanes of at least 4 members (excludes halogenated alkanes) is 13. The Hall–Kier alpha value is -0.810. The Morgan fingerprint density at radius 2 is 0.446 bits per heavy atom. The monoisotopic (exact) mass is 1310 g/mol. The first kappa shape index (κ1) is 99.9. The van der Waals surface area contributed by atoms with Gasteiger partial charge in [0.15, 0.2) is 0 Å². The van der Waals surface area contributed by atoms with Crippen LogP contribution in [0.25, 0.3) is 0 Å². The van der Waals surface area contributed by atoms with Gasteiger partial charge >= 0.3 is 0 Å². The molecule has 92 heavy (non-hydrogen) atoms. The third kappa shape index (κ3) is 105. The number of carbonyl (C=O) groups is 1. The largest absolute Gasteiger partial charge is 0.315 e. The molecule has 1 rings (SSSR count). The summed E-state index contributed by atoms with van der Waals surface area (Å²) in [6, 6.07) is 3.38. The number of Topliss-reactive ketones (excluding diaryl/α,β-unsaturated/α-hetero) is 1. The molecular formula is C79H178N12O. The Morgan fingerprint density at radius 1 is 0.261 bits per heavy atom. The van der Waals surface area contributed by atoms with Crippen LogP contribution in [0.2, 0.25) is 0 Å². The predicted octanol–water partition coefficient (Wildman–Crippen LogP) is 16.6. The van der Waals surface area contributed by atoms with E-state index in [1.807, 2.05) is 13.8 Å². The summed E-state index contributed by atoms with van der Waals surface area (Å²) in [7, 11) is 0. The molecule has 0 aromatic carbocycles. The maximum Gasteiger partial charge on any atom is 0.147 e. The van der Waals surface area contributed by atoms with Gasteiger partial charge in [-0.05, 0) is 279 Å². The van der Waals surface area contributed by atoms with E-state index in [9.17, 15) is 4.79 Å². The van der Waals surface area contributed by atoms with Gasteiger partial charge in [-0.2, -0.15) is 0 Å². The van der Waals surface area contributed by atoms with Crippen molar-refractivity contribution in [3.05, 3.63) is 0 Å². The zero-order chi connectivity index (χ0) is 71.7. The zero-order valence-corrected chi connectivity index (χ0v) is 68.6. The molecule has 1 aliphatic carbocycles. The third-order valence-electron chi connectivity index (χ3n) is 15.0. The lowest BCUT2D eigenvalue weighted by molar-refractivity contribution is -0.118. The Labute approximate surface area is 580 Å². The summed E-state index contributed by atoms with van der Waals surface area (Å²) in [6.45, 7) is 78.9. The smallest absolute Gasteiger partial charge is 0.147 e. The van der Waals surface area contributed by atoms with Crippen molar-refractivity contribution >= 4 is 5.78 Å². The van der Waals surface area contributed by atoms with Gasteiger partial charge in [-0.15, -0.1) is 0 Å². The summed E-state index contributed by atoms with van der Waals surface area (Å²) in [5.74, 6) is 2.14. The highest BCUT2D eigenvalue weighted by molar-refractivity contribution is 5.80. The van der Waals surface area contributed by atoms with Crippen LogP contribution in [0.3, 0.4) is 0 Å². The normalized spacial score (nSPS) is 15.0. The van der Waals surface area contributed by atoms with Crippen LogP contribution in [-0.2, 0) is 4.79 Å². The van der Waals surface area contributed by atoms with Gasteiger partial charge in [0.2, 0.25) is 0 Å². The fraction of sp³-hybridized carbons (Fsp3) is 0.987. The molecule has 13 heteroatoms. The van der Waals surface area contributed by atoms with Crippen molar-refractivity contribution in [2.45, 2.75) is 418 Å². The Kier molecular flexibility index (Phi) is 66.5. The van der Waals surface area contributed by atoms with Crippen LogP contribution in [0.5, 0.6) is 0 Å². The molecule has 1 fully saturated rings. The van der Waals surface area contributed by atoms with Gasteiger partial charge in [0.25, 0.3) is 0 Å². The van der Waals surface area contributed by atoms with Crippen LogP contribution in [-0.4, -0.2) is 154 Å². The van der Waals surface area contributed by atoms with Crippen LogP contribution < -0.4 is 63.8 Å². The molecule has 0 amide bonds. The lowest BCUT2D eigenvalue weighted by Gasteiger charge is -2.29. The van der Waals surface area contributed by atoms with Gasteiger partial charge in [-0.3, -0.25) is 4.79 Å². The second-order valence-electron chi connectivity index (χ2n) is 35.2. The van der Waals surface area contributed by atoms with Crippen molar-refractivity contribution in [1.29, 1.82) is 0 Å². The molecule has 13 nitrogen and oxygen atoms in total. The number of hydrogen-bond acceptors (Lipinski definition) is 13. The standard InChI is InChI=1S/C17H38N2.C15H34N2.C14H30N2.C12H28N2.C11H26N2.C10H22N2O/c1-16(2,3)18-14-12-10-8-7-9-11-13-15-19-17(4,5)6;1-14(2,3)16-12-10-8-7-9-11-13-17-15(4,5)6;1-11(2)15-9-13-5-7-14(8-6-13)10-16-12(3)4;1-11(2)13-9-7-6-8-10-14-12(3,4)5;1-10(2)12-8-6-7-9-13-11(3,4)5;1-8(2)11-6-5-10(13)7-12-9(3)4/h18-19H,7-15H2,1-6H3;16-17H,7-13H2,1-6H3;11-16H,5-10H2,1-4H3;11,13-14H,6-10H2,1-5H3;10,12-13H,6-9H2,1-5H3;8-9,11-12H,5-7H2,1-4H3. The maximum atomic E-state index is 11.2. The summed E-state index contributed by atoms with van der Waals surface area (Å²) < 4.78 is 0. The minimum Gasteiger partial charge on any atom is -0.315 e. The Bertz CT molecular complexity index is 1440. The molecular weight excluding hydrogens is 1130 g/mol. The molecule has 0 radical (unpaired) electrons. The van der Waals surface area contributed by atoms with Gasteiger partial charge in [-0.25, -0.2) is 0 Å². The first-order chi connectivity index (χ1) is 42.3. The van der Waals surface area contributed by atoms with E-state index in [-0.39, 0.29) is 39.0 Å². The van der Waals surface area contributed by atoms with Gasteiger partial charge in [0.05, 0.1) is 6.54 Å². The molecule has 0 aromatic heterocycles. The Morgan fingerprint density at radius 3 is 0.674 bits per heavy atom. The van der Waals surface area contributed by atoms with Gasteiger partial charge in [0.1, 0.15) is 5.78 Å². The number of ketones is 1. The lowest BCUT2D eigenvalue weighted by Crippen LogP contribution is -2.36. The van der Waals surface area contributed by atoms with E-state index in [4.69, 9.17) is 0 Å². The second-order valence-corrected chi connectivity index (χ2v) is 35.2. The fourth-order valence-electron chi connectivity index (χ4n) is 9.50. The summed E-state index contributed by atoms with van der Waals surface area (Å²) >= 11 is 0. The van der Waals surface area contributed by atoms with Gasteiger partial charge in [0, 0.05) is 82.5 Å². The fourth-order valence-corrected chi connectivity index (χ4v) is 9.50. The van der Waals surface area contributed by atoms with E-state index in [0.717, 1.165) is 57.6 Å². The highest BCUT2D eigenvalue weighted by Gasteiger charge is 2.21. The first-order valence-electron chi connectivity index (χ1n) is 38.8. The van der Waals surface area contributed by atoms with E-state index in [0.29, 0.717) is 49.2 Å². The molecule has 1 aliphatic rings. The molecule has 0 aromatic rings. The first-order valence-corrected chi connectivity index (χ1v) is 38.8. The molecule has 560 valence electrons. The van der Waals surface area contributed by atoms with E-state index in [1.165, 1.54) is 161 Å². The topological polar surface area (TPSA) is 161 Å². The average Bonchev–Trinajstić information content (AvgIpc) is 1.51. The van der Waals surface area contributed by atoms with Gasteiger partial charge in [-0.1, -0.05) is 141 Å². The van der Waals surface area contributed by atoms with E-state index in [2.05, 4.69) is 258 Å². The minimum absolute atomic E-state index is 0.269.